The smallest absolute Gasteiger partial charge is 0.373 e. The Morgan fingerprint density at radius 1 is 1.09 bits per heavy atom. The lowest BCUT2D eigenvalue weighted by Crippen LogP contribution is -2.48. The molecule has 1 saturated carbocycles. The van der Waals surface area contributed by atoms with Crippen molar-refractivity contribution in [2.45, 2.75) is 118 Å². The molecule has 2 aliphatic carbocycles. The van der Waals surface area contributed by atoms with Crippen LogP contribution in [0.1, 0.15) is 93.4 Å². The maximum atomic E-state index is 12.5. The number of ketones is 2. The van der Waals surface area contributed by atoms with Gasteiger partial charge in [0, 0.05) is 59.6 Å². The van der Waals surface area contributed by atoms with Crippen LogP contribution in [-0.4, -0.2) is 50.0 Å². The number of aliphatic hydroxyl groups excluding tert-OH is 1. The Morgan fingerprint density at radius 3 is 1.98 bits per heavy atom. The number of aliphatic hydroxyl groups is 1. The van der Waals surface area contributed by atoms with Gasteiger partial charge in [0.25, 0.3) is 0 Å². The number of unbranched alkanes of at least 4 members (excludes halogenated alkanes) is 1. The summed E-state index contributed by atoms with van der Waals surface area (Å²) >= 11 is 8.66. The zero-order valence-electron chi connectivity index (χ0n) is 27.8. The van der Waals surface area contributed by atoms with Crippen LogP contribution in [-0.2, 0) is 73.3 Å². The van der Waals surface area contributed by atoms with Gasteiger partial charge in [0.2, 0.25) is 0 Å². The van der Waals surface area contributed by atoms with Gasteiger partial charge in [0.1, 0.15) is 5.78 Å². The molecule has 1 fully saturated rings. The minimum absolute atomic E-state index is 0.153. The van der Waals surface area contributed by atoms with Crippen molar-refractivity contribution in [2.75, 3.05) is 6.61 Å². The van der Waals surface area contributed by atoms with E-state index < -0.39 is 14.4 Å². The first-order chi connectivity index (χ1) is 20.3. The summed E-state index contributed by atoms with van der Waals surface area (Å²) < 4.78 is 6.27. The SMILES string of the molecule is C=CC(O)[C@H]1C(=O)CC[C@@H](C)[C@]1(C)CCCCO[Si](C)(C)C(C)(C)C.CC1=CC(=O)CCC1C.O=C=O.O=C=O.S=S=S=S. The second kappa shape index (κ2) is 24.8. The molecule has 44 heavy (non-hydrogen) atoms. The van der Waals surface area contributed by atoms with Crippen LogP contribution in [0.4, 0.5) is 0 Å². The maximum absolute atomic E-state index is 12.5. The molecule has 2 aliphatic rings. The first-order valence-corrected chi connectivity index (χ1v) is 21.5. The summed E-state index contributed by atoms with van der Waals surface area (Å²) in [7, 11) is 0.660. The molecule has 0 aromatic heterocycles. The number of carbonyl (C=O) groups excluding carboxylic acids is 6. The van der Waals surface area contributed by atoms with Crippen molar-refractivity contribution in [1.29, 1.82) is 0 Å². The fourth-order valence-corrected chi connectivity index (χ4v) is 5.93. The fraction of sp³-hybridized carbons (Fsp3) is 0.742. The molecule has 2 rings (SSSR count). The highest BCUT2D eigenvalue weighted by Gasteiger charge is 2.48. The van der Waals surface area contributed by atoms with Crippen molar-refractivity contribution in [1.82, 2.24) is 0 Å². The molecule has 0 radical (unpaired) electrons. The minimum Gasteiger partial charge on any atom is -0.417 e. The molecule has 0 heterocycles. The summed E-state index contributed by atoms with van der Waals surface area (Å²) in [5.41, 5.74) is 1.09. The van der Waals surface area contributed by atoms with Crippen molar-refractivity contribution >= 4 is 72.3 Å². The van der Waals surface area contributed by atoms with E-state index in [1.807, 2.05) is 6.92 Å². The number of carbonyl (C=O) groups is 2. The van der Waals surface area contributed by atoms with Gasteiger partial charge in [-0.1, -0.05) is 59.6 Å². The topological polar surface area (TPSA) is 132 Å². The van der Waals surface area contributed by atoms with Gasteiger partial charge in [-0.25, -0.2) is 0 Å². The Labute approximate surface area is 281 Å². The second-order valence-electron chi connectivity index (χ2n) is 12.8. The molecule has 0 saturated heterocycles. The summed E-state index contributed by atoms with van der Waals surface area (Å²) in [6, 6.07) is 0. The lowest BCUT2D eigenvalue weighted by Gasteiger charge is -2.47. The summed E-state index contributed by atoms with van der Waals surface area (Å²) in [5.74, 6) is 1.25. The Bertz CT molecular complexity index is 1060. The number of allylic oxidation sites excluding steroid dienone is 2. The summed E-state index contributed by atoms with van der Waals surface area (Å²) in [6.45, 7) is 24.4. The quantitative estimate of drug-likeness (QED) is 0.179. The highest BCUT2D eigenvalue weighted by atomic mass is 33.2. The lowest BCUT2D eigenvalue weighted by molar-refractivity contribution is -0.193. The van der Waals surface area contributed by atoms with Gasteiger partial charge in [0.15, 0.2) is 14.1 Å². The molecule has 0 amide bonds. The third-order valence-electron chi connectivity index (χ3n) is 8.99. The monoisotopic (exact) mass is 708 g/mol. The average molecular weight is 709 g/mol. The van der Waals surface area contributed by atoms with E-state index in [4.69, 9.17) is 23.6 Å². The van der Waals surface area contributed by atoms with Crippen molar-refractivity contribution in [3.05, 3.63) is 24.3 Å². The van der Waals surface area contributed by atoms with E-state index in [1.165, 1.54) is 29.4 Å². The summed E-state index contributed by atoms with van der Waals surface area (Å²) in [4.78, 5) is 55.7. The molecule has 252 valence electrons. The lowest BCUT2D eigenvalue weighted by atomic mass is 9.57. The van der Waals surface area contributed by atoms with Crippen LogP contribution in [0, 0.1) is 23.2 Å². The molecule has 0 bridgehead atoms. The third-order valence-corrected chi connectivity index (χ3v) is 15.7. The predicted octanol–water partition coefficient (Wildman–Crippen LogP) is 6.10. The van der Waals surface area contributed by atoms with E-state index in [2.05, 4.69) is 83.6 Å². The van der Waals surface area contributed by atoms with Gasteiger partial charge in [-0.15, -0.1) is 6.58 Å². The van der Waals surface area contributed by atoms with Crippen LogP contribution >= 0.6 is 0 Å². The van der Waals surface area contributed by atoms with Crippen molar-refractivity contribution in [2.24, 2.45) is 23.2 Å². The fourth-order valence-electron chi connectivity index (χ4n) is 4.84. The highest BCUT2D eigenvalue weighted by molar-refractivity contribution is 8.51. The van der Waals surface area contributed by atoms with Crippen molar-refractivity contribution in [3.63, 3.8) is 0 Å². The van der Waals surface area contributed by atoms with Gasteiger partial charge in [-0.05, 0) is 74.1 Å². The van der Waals surface area contributed by atoms with Crippen LogP contribution in [0.5, 0.6) is 0 Å². The van der Waals surface area contributed by atoms with Crippen LogP contribution < -0.4 is 0 Å². The van der Waals surface area contributed by atoms with Crippen LogP contribution in [0.15, 0.2) is 24.3 Å². The molecule has 0 aromatic carbocycles. The largest absolute Gasteiger partial charge is 0.417 e. The maximum Gasteiger partial charge on any atom is 0.373 e. The summed E-state index contributed by atoms with van der Waals surface area (Å²) in [6.07, 6.45) is 9.37. The number of hydrogen-bond acceptors (Lipinski definition) is 10. The minimum atomic E-state index is -1.68. The summed E-state index contributed by atoms with van der Waals surface area (Å²) in [5, 5.41) is 10.6. The molecule has 0 aliphatic heterocycles. The van der Waals surface area contributed by atoms with Crippen LogP contribution in [0.2, 0.25) is 18.1 Å². The Balaban J connectivity index is -0.000000716. The van der Waals surface area contributed by atoms with Gasteiger partial charge in [-0.2, -0.15) is 19.2 Å². The van der Waals surface area contributed by atoms with Crippen LogP contribution in [0.3, 0.4) is 0 Å². The zero-order valence-corrected chi connectivity index (χ0v) is 32.0. The van der Waals surface area contributed by atoms with Gasteiger partial charge in [0.05, 0.1) is 12.0 Å². The van der Waals surface area contributed by atoms with E-state index in [0.29, 0.717) is 24.0 Å². The first-order valence-electron chi connectivity index (χ1n) is 14.6. The molecule has 2 unspecified atom stereocenters. The van der Waals surface area contributed by atoms with Gasteiger partial charge >= 0.3 is 12.3 Å². The molecule has 0 spiro atoms. The first kappa shape index (κ1) is 47.0. The molecule has 1 N–H and O–H groups in total. The number of Topliss-reactive ketones (excluding diaryl/α,β-unsaturated/α-hetero) is 1. The zero-order chi connectivity index (χ0) is 35.1. The third kappa shape index (κ3) is 18.5. The molecule has 13 heteroatoms. The van der Waals surface area contributed by atoms with Crippen molar-refractivity contribution in [3.8, 4) is 0 Å². The van der Waals surface area contributed by atoms with Gasteiger partial charge in [-0.3, -0.25) is 9.59 Å². The Morgan fingerprint density at radius 2 is 1.59 bits per heavy atom. The van der Waals surface area contributed by atoms with Crippen LogP contribution in [0.25, 0.3) is 0 Å². The highest BCUT2D eigenvalue weighted by Crippen LogP contribution is 2.48. The van der Waals surface area contributed by atoms with E-state index >= 15 is 0 Å². The van der Waals surface area contributed by atoms with E-state index in [1.54, 1.807) is 6.08 Å². The predicted molar refractivity (Wildman–Crippen MR) is 185 cm³/mol. The van der Waals surface area contributed by atoms with Gasteiger partial charge < -0.3 is 9.53 Å². The molecule has 0 aromatic rings. The van der Waals surface area contributed by atoms with E-state index in [9.17, 15) is 14.7 Å². The van der Waals surface area contributed by atoms with E-state index in [-0.39, 0.29) is 34.5 Å². The Hall–Kier alpha value is -1.40. The molecule has 5 atom stereocenters. The standard InChI is InChI=1S/C21H40O3Si.C8H12O.2CO2.S4/c1-9-17(22)19-18(23)13-12-16(2)21(19,6)14-10-11-15-24-25(7,8)20(3,4)5;1-6-3-4-8(9)5-7(6)2;2*2-1-3;1-3-4-2/h9,16-17,19,22H,1,10-15H2,2-8H3;5-6H,3-4H2,1-2H3;;;/t16-,17?,19+,21+;;;;/m1..../s1. The average Bonchev–Trinajstić information content (AvgIpc) is 2.93. The number of rotatable bonds is 8. The Kier molecular flexibility index (Phi) is 26.5. The molecule has 8 nitrogen and oxygen atoms in total. The van der Waals surface area contributed by atoms with E-state index in [0.717, 1.165) is 45.1 Å². The molecular weight excluding hydrogens is 657 g/mol. The molecular formula is C31H52O8S4Si. The van der Waals surface area contributed by atoms with Crippen molar-refractivity contribution < 1.29 is 38.3 Å². The number of hydrogen-bond donors (Lipinski definition) is 1. The normalized spacial score (nSPS) is 23.3. The second-order valence-corrected chi connectivity index (χ2v) is 21.1.